The predicted octanol–water partition coefficient (Wildman–Crippen LogP) is 7.90. The van der Waals surface area contributed by atoms with Gasteiger partial charge in [0.05, 0.1) is 40.3 Å². The summed E-state index contributed by atoms with van der Waals surface area (Å²) in [5.74, 6) is -1.89. The van der Waals surface area contributed by atoms with Crippen molar-refractivity contribution in [1.29, 1.82) is 0 Å². The van der Waals surface area contributed by atoms with Crippen LogP contribution in [-0.4, -0.2) is 75.5 Å². The highest BCUT2D eigenvalue weighted by molar-refractivity contribution is 5.70. The molecule has 49 heavy (non-hydrogen) atoms. The molecule has 278 valence electrons. The number of carbonyl (C=O) groups is 3. The van der Waals surface area contributed by atoms with Crippen molar-refractivity contribution in [3.8, 4) is 0 Å². The molecular formula is C41H67NO7. The molecule has 0 saturated carbocycles. The van der Waals surface area contributed by atoms with E-state index in [-0.39, 0.29) is 49.5 Å². The maximum atomic E-state index is 12.5. The Kier molecular flexibility index (Phi) is 29.9. The highest BCUT2D eigenvalue weighted by atomic mass is 16.6. The summed E-state index contributed by atoms with van der Waals surface area (Å²) in [6, 6.07) is -0.740. The van der Waals surface area contributed by atoms with Gasteiger partial charge in [-0.15, -0.1) is 0 Å². The lowest BCUT2D eigenvalue weighted by molar-refractivity contribution is -0.889. The number of rotatable bonds is 31. The van der Waals surface area contributed by atoms with E-state index in [1.54, 1.807) is 21.1 Å². The van der Waals surface area contributed by atoms with Gasteiger partial charge in [0, 0.05) is 19.3 Å². The van der Waals surface area contributed by atoms with Crippen molar-refractivity contribution in [3.05, 3.63) is 72.9 Å². The van der Waals surface area contributed by atoms with Gasteiger partial charge in [-0.2, -0.15) is 0 Å². The van der Waals surface area contributed by atoms with Crippen LogP contribution < -0.4 is 5.11 Å². The standard InChI is InChI=1S/C41H67NO7/c1-6-8-10-12-14-16-17-18-19-20-21-22-23-24-26-27-29-31-39(43)48-36-37(35-47-34-33-38(41(45)46)42(3,4)5)49-40(44)32-30-28-25-15-13-11-9-7-2/h8,10,14,16,18-19,21-22,24-26,28,37-38H,6-7,9,11-13,15,17,20,23,27,29-36H2,1-5H3/b10-8+,16-14+,19-18+,22-21+,26-24+,28-25+. The first kappa shape index (κ1) is 45.8. The normalized spacial score (nSPS) is 13.9. The van der Waals surface area contributed by atoms with Gasteiger partial charge in [0.2, 0.25) is 0 Å². The molecule has 0 rings (SSSR count). The molecule has 0 aromatic heterocycles. The van der Waals surface area contributed by atoms with Gasteiger partial charge in [-0.25, -0.2) is 0 Å². The number of unbranched alkanes of at least 4 members (excludes halogenated alkanes) is 5. The summed E-state index contributed by atoms with van der Waals surface area (Å²) < 4.78 is 16.9. The molecule has 2 atom stereocenters. The summed E-state index contributed by atoms with van der Waals surface area (Å²) in [5, 5.41) is 11.5. The molecule has 0 radical (unpaired) electrons. The van der Waals surface area contributed by atoms with E-state index in [0.717, 1.165) is 51.4 Å². The first-order valence-electron chi connectivity index (χ1n) is 18.5. The van der Waals surface area contributed by atoms with E-state index in [1.165, 1.54) is 19.3 Å². The minimum atomic E-state index is -1.14. The van der Waals surface area contributed by atoms with Gasteiger partial charge in [0.1, 0.15) is 12.6 Å². The molecule has 0 aromatic rings. The van der Waals surface area contributed by atoms with E-state index in [9.17, 15) is 19.5 Å². The minimum absolute atomic E-state index is 0.00321. The zero-order valence-electron chi connectivity index (χ0n) is 31.3. The number of likely N-dealkylation sites (N-methyl/N-ethyl adjacent to an activating group) is 1. The fraction of sp³-hybridized carbons (Fsp3) is 0.634. The summed E-state index contributed by atoms with van der Waals surface area (Å²) in [6.45, 7) is 4.36. The predicted molar refractivity (Wildman–Crippen MR) is 199 cm³/mol. The SMILES string of the molecule is CC/C=C/C/C=C/C/C=C/C/C=C/C/C=C/CCCC(=O)OCC(COCCC(C(=O)[O-])[N+](C)(C)C)OC(=O)CC/C=C/CCCCCC. The Morgan fingerprint density at radius 2 is 1.18 bits per heavy atom. The van der Waals surface area contributed by atoms with Gasteiger partial charge in [-0.1, -0.05) is 106 Å². The zero-order valence-corrected chi connectivity index (χ0v) is 31.3. The van der Waals surface area contributed by atoms with Gasteiger partial charge in [-0.05, 0) is 64.2 Å². The van der Waals surface area contributed by atoms with E-state index in [0.29, 0.717) is 12.8 Å². The minimum Gasteiger partial charge on any atom is -0.544 e. The number of allylic oxidation sites excluding steroid dienone is 12. The molecule has 0 bridgehead atoms. The first-order valence-corrected chi connectivity index (χ1v) is 18.5. The largest absolute Gasteiger partial charge is 0.544 e. The fourth-order valence-electron chi connectivity index (χ4n) is 4.71. The van der Waals surface area contributed by atoms with Crippen LogP contribution >= 0.6 is 0 Å². The van der Waals surface area contributed by atoms with Crippen molar-refractivity contribution in [2.24, 2.45) is 0 Å². The van der Waals surface area contributed by atoms with Crippen molar-refractivity contribution in [2.75, 3.05) is 41.0 Å². The Labute approximate surface area is 298 Å². The Hall–Kier alpha value is -3.23. The van der Waals surface area contributed by atoms with E-state index in [4.69, 9.17) is 14.2 Å². The molecule has 0 spiro atoms. The molecule has 0 amide bonds. The van der Waals surface area contributed by atoms with Crippen LogP contribution in [-0.2, 0) is 28.6 Å². The monoisotopic (exact) mass is 685 g/mol. The number of ether oxygens (including phenoxy) is 3. The number of carboxylic acid groups (broad SMARTS) is 1. The first-order chi connectivity index (χ1) is 23.6. The highest BCUT2D eigenvalue weighted by Gasteiger charge is 2.25. The van der Waals surface area contributed by atoms with Crippen molar-refractivity contribution in [3.63, 3.8) is 0 Å². The summed E-state index contributed by atoms with van der Waals surface area (Å²) in [7, 11) is 5.35. The van der Waals surface area contributed by atoms with Crippen LogP contribution in [0, 0.1) is 0 Å². The molecule has 0 heterocycles. The van der Waals surface area contributed by atoms with Crippen molar-refractivity contribution < 1.29 is 38.2 Å². The van der Waals surface area contributed by atoms with Gasteiger partial charge < -0.3 is 28.6 Å². The van der Waals surface area contributed by atoms with Crippen LogP contribution in [0.1, 0.15) is 117 Å². The number of nitrogens with zero attached hydrogens (tertiary/aromatic N) is 1. The quantitative estimate of drug-likeness (QED) is 0.0316. The molecule has 0 saturated heterocycles. The molecule has 2 unspecified atom stereocenters. The lowest BCUT2D eigenvalue weighted by Gasteiger charge is -2.34. The number of esters is 2. The maximum Gasteiger partial charge on any atom is 0.306 e. The number of hydrogen-bond donors (Lipinski definition) is 0. The third kappa shape index (κ3) is 30.6. The van der Waals surface area contributed by atoms with Crippen molar-refractivity contribution >= 4 is 17.9 Å². The summed E-state index contributed by atoms with van der Waals surface area (Å²) in [4.78, 5) is 36.5. The Morgan fingerprint density at radius 3 is 1.76 bits per heavy atom. The average molecular weight is 686 g/mol. The second-order valence-corrected chi connectivity index (χ2v) is 13.1. The number of quaternary nitrogens is 1. The molecular weight excluding hydrogens is 618 g/mol. The van der Waals surface area contributed by atoms with Gasteiger partial charge in [0.25, 0.3) is 0 Å². The Bertz CT molecular complexity index is 1030. The van der Waals surface area contributed by atoms with E-state index < -0.39 is 24.1 Å². The lowest BCUT2D eigenvalue weighted by Crippen LogP contribution is -2.55. The second kappa shape index (κ2) is 32.0. The van der Waals surface area contributed by atoms with Crippen molar-refractivity contribution in [2.45, 2.75) is 129 Å². The number of carbonyl (C=O) groups excluding carboxylic acids is 3. The Balaban J connectivity index is 4.53. The van der Waals surface area contributed by atoms with E-state index in [2.05, 4.69) is 80.7 Å². The maximum absolute atomic E-state index is 12.5. The number of carboxylic acids is 1. The molecule has 0 aliphatic rings. The van der Waals surface area contributed by atoms with Crippen molar-refractivity contribution in [1.82, 2.24) is 0 Å². The molecule has 0 N–H and O–H groups in total. The summed E-state index contributed by atoms with van der Waals surface area (Å²) in [6.07, 6.45) is 38.2. The average Bonchev–Trinajstić information content (AvgIpc) is 3.05. The topological polar surface area (TPSA) is 102 Å². The van der Waals surface area contributed by atoms with Gasteiger partial charge in [-0.3, -0.25) is 9.59 Å². The number of hydrogen-bond acceptors (Lipinski definition) is 7. The van der Waals surface area contributed by atoms with Crippen LogP contribution in [0.25, 0.3) is 0 Å². The highest BCUT2D eigenvalue weighted by Crippen LogP contribution is 2.10. The third-order valence-corrected chi connectivity index (χ3v) is 7.59. The molecule has 8 nitrogen and oxygen atoms in total. The van der Waals surface area contributed by atoms with Crippen LogP contribution in [0.4, 0.5) is 0 Å². The Morgan fingerprint density at radius 1 is 0.633 bits per heavy atom. The van der Waals surface area contributed by atoms with E-state index in [1.807, 2.05) is 6.08 Å². The third-order valence-electron chi connectivity index (χ3n) is 7.59. The van der Waals surface area contributed by atoms with Crippen LogP contribution in [0.5, 0.6) is 0 Å². The molecule has 8 heteroatoms. The fourth-order valence-corrected chi connectivity index (χ4v) is 4.71. The summed E-state index contributed by atoms with van der Waals surface area (Å²) >= 11 is 0. The second-order valence-electron chi connectivity index (χ2n) is 13.1. The number of aliphatic carboxylic acids is 1. The molecule has 0 fully saturated rings. The molecule has 0 aliphatic carbocycles. The van der Waals surface area contributed by atoms with Gasteiger partial charge >= 0.3 is 11.9 Å². The smallest absolute Gasteiger partial charge is 0.306 e. The van der Waals surface area contributed by atoms with Crippen LogP contribution in [0.15, 0.2) is 72.9 Å². The summed E-state index contributed by atoms with van der Waals surface area (Å²) in [5.41, 5.74) is 0. The van der Waals surface area contributed by atoms with Crippen LogP contribution in [0.3, 0.4) is 0 Å². The molecule has 0 aromatic carbocycles. The van der Waals surface area contributed by atoms with E-state index >= 15 is 0 Å². The van der Waals surface area contributed by atoms with Crippen LogP contribution in [0.2, 0.25) is 0 Å². The lowest BCUT2D eigenvalue weighted by atomic mass is 10.1. The molecule has 0 aliphatic heterocycles. The van der Waals surface area contributed by atoms with Gasteiger partial charge in [0.15, 0.2) is 6.10 Å². The zero-order chi connectivity index (χ0) is 36.4.